The molecule has 0 aliphatic carbocycles. The van der Waals surface area contributed by atoms with E-state index in [2.05, 4.69) is 9.88 Å². The molecule has 7 heteroatoms. The molecule has 0 radical (unpaired) electrons. The molecule has 3 heterocycles. The maximum atomic E-state index is 13.0. The van der Waals surface area contributed by atoms with Crippen molar-refractivity contribution in [3.05, 3.63) is 36.0 Å². The van der Waals surface area contributed by atoms with E-state index in [9.17, 15) is 18.0 Å². The standard InChI is InChI=1S/C21H24F3N3O/c22-21(23,24)16-3-4-17-18(14-16)25-8-5-19(17)26-11-6-15(7-12-26)13-20(28)27-9-1-2-10-27/h3-5,8,14-15H,1-2,6-7,9-13H2. The molecule has 2 aliphatic rings. The Bertz CT molecular complexity index is 854. The molecular weight excluding hydrogens is 367 g/mol. The second-order valence-electron chi connectivity index (χ2n) is 7.78. The van der Waals surface area contributed by atoms with Crippen LogP contribution < -0.4 is 4.90 Å². The minimum atomic E-state index is -4.37. The smallest absolute Gasteiger partial charge is 0.371 e. The number of benzene rings is 1. The average molecular weight is 391 g/mol. The van der Waals surface area contributed by atoms with Crippen molar-refractivity contribution in [2.45, 2.75) is 38.3 Å². The van der Waals surface area contributed by atoms with Crippen LogP contribution in [0.3, 0.4) is 0 Å². The lowest BCUT2D eigenvalue weighted by Gasteiger charge is -2.34. The number of amides is 1. The van der Waals surface area contributed by atoms with Crippen LogP contribution in [-0.4, -0.2) is 42.0 Å². The van der Waals surface area contributed by atoms with Crippen molar-refractivity contribution >= 4 is 22.5 Å². The Morgan fingerprint density at radius 1 is 1.07 bits per heavy atom. The fraction of sp³-hybridized carbons (Fsp3) is 0.524. The van der Waals surface area contributed by atoms with Gasteiger partial charge in [-0.05, 0) is 49.8 Å². The second-order valence-corrected chi connectivity index (χ2v) is 7.78. The number of piperidine rings is 1. The highest BCUT2D eigenvalue weighted by molar-refractivity contribution is 5.92. The van der Waals surface area contributed by atoms with Crippen molar-refractivity contribution in [2.75, 3.05) is 31.1 Å². The fourth-order valence-corrected chi connectivity index (χ4v) is 4.31. The summed E-state index contributed by atoms with van der Waals surface area (Å²) in [5, 5.41) is 0.738. The summed E-state index contributed by atoms with van der Waals surface area (Å²) in [4.78, 5) is 20.7. The van der Waals surface area contributed by atoms with Gasteiger partial charge in [0.15, 0.2) is 0 Å². The van der Waals surface area contributed by atoms with Gasteiger partial charge in [-0.3, -0.25) is 9.78 Å². The van der Waals surface area contributed by atoms with Gasteiger partial charge in [-0.2, -0.15) is 13.2 Å². The van der Waals surface area contributed by atoms with E-state index >= 15 is 0 Å². The number of carbonyl (C=O) groups excluding carboxylic acids is 1. The maximum absolute atomic E-state index is 13.0. The van der Waals surface area contributed by atoms with Crippen molar-refractivity contribution in [3.8, 4) is 0 Å². The molecule has 4 nitrogen and oxygen atoms in total. The molecule has 2 aliphatic heterocycles. The number of halogens is 3. The lowest BCUT2D eigenvalue weighted by atomic mass is 9.92. The van der Waals surface area contributed by atoms with Crippen LogP contribution in [0.5, 0.6) is 0 Å². The average Bonchev–Trinajstić information content (AvgIpc) is 3.22. The number of hydrogen-bond donors (Lipinski definition) is 0. The quantitative estimate of drug-likeness (QED) is 0.774. The highest BCUT2D eigenvalue weighted by Crippen LogP contribution is 2.35. The zero-order chi connectivity index (χ0) is 19.7. The molecule has 0 spiro atoms. The summed E-state index contributed by atoms with van der Waals surface area (Å²) in [6.45, 7) is 3.39. The Morgan fingerprint density at radius 2 is 1.79 bits per heavy atom. The summed E-state index contributed by atoms with van der Waals surface area (Å²) < 4.78 is 38.9. The van der Waals surface area contributed by atoms with Gasteiger partial charge < -0.3 is 9.80 Å². The van der Waals surface area contributed by atoms with E-state index < -0.39 is 11.7 Å². The fourth-order valence-electron chi connectivity index (χ4n) is 4.31. The van der Waals surface area contributed by atoms with Crippen LogP contribution in [0.4, 0.5) is 18.9 Å². The Balaban J connectivity index is 1.44. The first-order chi connectivity index (χ1) is 13.4. The molecule has 1 amide bonds. The van der Waals surface area contributed by atoms with E-state index in [1.54, 1.807) is 6.20 Å². The van der Waals surface area contributed by atoms with E-state index in [1.807, 2.05) is 11.0 Å². The molecule has 1 aromatic heterocycles. The number of aromatic nitrogens is 1. The Hall–Kier alpha value is -2.31. The van der Waals surface area contributed by atoms with Crippen LogP contribution >= 0.6 is 0 Å². The zero-order valence-corrected chi connectivity index (χ0v) is 15.7. The molecule has 0 atom stereocenters. The topological polar surface area (TPSA) is 36.4 Å². The number of alkyl halides is 3. The van der Waals surface area contributed by atoms with Gasteiger partial charge in [-0.25, -0.2) is 0 Å². The number of hydrogen-bond acceptors (Lipinski definition) is 3. The van der Waals surface area contributed by atoms with E-state index in [-0.39, 0.29) is 5.91 Å². The number of carbonyl (C=O) groups is 1. The Labute approximate surface area is 162 Å². The molecular formula is C21H24F3N3O. The van der Waals surface area contributed by atoms with E-state index in [4.69, 9.17) is 0 Å². The number of likely N-dealkylation sites (tertiary alicyclic amines) is 1. The minimum absolute atomic E-state index is 0.269. The third-order valence-corrected chi connectivity index (χ3v) is 5.92. The van der Waals surface area contributed by atoms with Crippen LogP contribution in [0.15, 0.2) is 30.5 Å². The van der Waals surface area contributed by atoms with E-state index in [0.29, 0.717) is 17.9 Å². The van der Waals surface area contributed by atoms with Gasteiger partial charge in [0.05, 0.1) is 11.1 Å². The van der Waals surface area contributed by atoms with E-state index in [0.717, 1.165) is 75.1 Å². The first-order valence-electron chi connectivity index (χ1n) is 9.90. The third-order valence-electron chi connectivity index (χ3n) is 5.92. The largest absolute Gasteiger partial charge is 0.416 e. The molecule has 0 unspecified atom stereocenters. The molecule has 150 valence electrons. The van der Waals surface area contributed by atoms with Crippen molar-refractivity contribution in [3.63, 3.8) is 0 Å². The van der Waals surface area contributed by atoms with Crippen LogP contribution in [0.25, 0.3) is 10.9 Å². The number of rotatable bonds is 3. The lowest BCUT2D eigenvalue weighted by Crippen LogP contribution is -2.36. The summed E-state index contributed by atoms with van der Waals surface area (Å²) in [6.07, 6.45) is 1.87. The molecule has 28 heavy (non-hydrogen) atoms. The normalized spacial score (nSPS) is 18.8. The van der Waals surface area contributed by atoms with Crippen molar-refractivity contribution in [1.82, 2.24) is 9.88 Å². The first kappa shape index (κ1) is 19.0. The zero-order valence-electron chi connectivity index (χ0n) is 15.7. The SMILES string of the molecule is O=C(CC1CCN(c2ccnc3cc(C(F)(F)F)ccc23)CC1)N1CCCC1. The van der Waals surface area contributed by atoms with Gasteiger partial charge in [0, 0.05) is 49.9 Å². The monoisotopic (exact) mass is 391 g/mol. The van der Waals surface area contributed by atoms with Crippen molar-refractivity contribution in [1.29, 1.82) is 0 Å². The molecule has 2 saturated heterocycles. The third kappa shape index (κ3) is 3.93. The maximum Gasteiger partial charge on any atom is 0.416 e. The Morgan fingerprint density at radius 3 is 2.46 bits per heavy atom. The summed E-state index contributed by atoms with van der Waals surface area (Å²) in [5.41, 5.74) is 0.602. The molecule has 0 N–H and O–H groups in total. The van der Waals surface area contributed by atoms with Crippen LogP contribution in [0.2, 0.25) is 0 Å². The summed E-state index contributed by atoms with van der Waals surface area (Å²) >= 11 is 0. The van der Waals surface area contributed by atoms with Crippen LogP contribution in [0.1, 0.15) is 37.7 Å². The van der Waals surface area contributed by atoms with Gasteiger partial charge in [-0.1, -0.05) is 6.07 Å². The number of pyridine rings is 1. The highest BCUT2D eigenvalue weighted by Gasteiger charge is 2.31. The van der Waals surface area contributed by atoms with Crippen LogP contribution in [0, 0.1) is 5.92 Å². The second kappa shape index (κ2) is 7.60. The molecule has 1 aromatic carbocycles. The van der Waals surface area contributed by atoms with Gasteiger partial charge in [0.1, 0.15) is 0 Å². The molecule has 0 bridgehead atoms. The molecule has 4 rings (SSSR count). The highest BCUT2D eigenvalue weighted by atomic mass is 19.4. The van der Waals surface area contributed by atoms with Crippen molar-refractivity contribution < 1.29 is 18.0 Å². The predicted molar refractivity (Wildman–Crippen MR) is 102 cm³/mol. The molecule has 2 aromatic rings. The van der Waals surface area contributed by atoms with Crippen LogP contribution in [-0.2, 0) is 11.0 Å². The number of fused-ring (bicyclic) bond motifs is 1. The van der Waals surface area contributed by atoms with Crippen molar-refractivity contribution in [2.24, 2.45) is 5.92 Å². The first-order valence-corrected chi connectivity index (χ1v) is 9.90. The predicted octanol–water partition coefficient (Wildman–Crippen LogP) is 4.48. The van der Waals surface area contributed by atoms with Gasteiger partial charge in [0.25, 0.3) is 0 Å². The number of anilines is 1. The molecule has 0 saturated carbocycles. The van der Waals surface area contributed by atoms with E-state index in [1.165, 1.54) is 6.07 Å². The van der Waals surface area contributed by atoms with Gasteiger partial charge in [0.2, 0.25) is 5.91 Å². The number of nitrogens with zero attached hydrogens (tertiary/aromatic N) is 3. The summed E-state index contributed by atoms with van der Waals surface area (Å²) in [7, 11) is 0. The summed E-state index contributed by atoms with van der Waals surface area (Å²) in [5.74, 6) is 0.652. The Kier molecular flexibility index (Phi) is 5.17. The van der Waals surface area contributed by atoms with Gasteiger partial charge in [-0.15, -0.1) is 0 Å². The summed E-state index contributed by atoms with van der Waals surface area (Å²) in [6, 6.07) is 5.62. The molecule has 2 fully saturated rings. The minimum Gasteiger partial charge on any atom is -0.371 e. The lowest BCUT2D eigenvalue weighted by molar-refractivity contribution is -0.137. The van der Waals surface area contributed by atoms with Gasteiger partial charge >= 0.3 is 6.18 Å².